The van der Waals surface area contributed by atoms with Crippen LogP contribution in [-0.4, -0.2) is 35.1 Å². The molecule has 0 saturated heterocycles. The van der Waals surface area contributed by atoms with E-state index in [9.17, 15) is 9.59 Å². The molecule has 1 unspecified atom stereocenters. The average molecular weight is 148 g/mol. The number of ketones is 1. The highest BCUT2D eigenvalue weighted by Crippen LogP contribution is 1.78. The van der Waals surface area contributed by atoms with Gasteiger partial charge in [0.1, 0.15) is 6.04 Å². The number of carbonyl (C=O) groups is 2. The lowest BCUT2D eigenvalue weighted by atomic mass is 10.2. The Hall–Kier alpha value is -0.820. The van der Waals surface area contributed by atoms with Crippen LogP contribution < -0.4 is 11.0 Å². The third-order valence-electron chi connectivity index (χ3n) is 0.911. The molecule has 10 heavy (non-hydrogen) atoms. The van der Waals surface area contributed by atoms with Gasteiger partial charge in [-0.15, -0.1) is 0 Å². The lowest BCUT2D eigenvalue weighted by Crippen LogP contribution is -2.42. The van der Waals surface area contributed by atoms with Crippen molar-refractivity contribution < 1.29 is 20.0 Å². The van der Waals surface area contributed by atoms with Crippen molar-refractivity contribution in [3.63, 3.8) is 0 Å². The molecule has 0 aliphatic rings. The SMILES string of the molecule is O=CC(=O)C(CNO)NO. The molecule has 0 rings (SSSR count). The maximum Gasteiger partial charge on any atom is 0.215 e. The van der Waals surface area contributed by atoms with Gasteiger partial charge in [0.15, 0.2) is 6.29 Å². The molecular formula is C4H8N2O4. The molecule has 0 spiro atoms. The van der Waals surface area contributed by atoms with E-state index in [4.69, 9.17) is 10.4 Å². The first-order valence-electron chi connectivity index (χ1n) is 2.51. The van der Waals surface area contributed by atoms with Crippen LogP contribution in [0.2, 0.25) is 0 Å². The van der Waals surface area contributed by atoms with Gasteiger partial charge in [0.05, 0.1) is 0 Å². The van der Waals surface area contributed by atoms with E-state index >= 15 is 0 Å². The van der Waals surface area contributed by atoms with E-state index in [-0.39, 0.29) is 12.8 Å². The topological polar surface area (TPSA) is 98.7 Å². The molecule has 6 nitrogen and oxygen atoms in total. The van der Waals surface area contributed by atoms with Gasteiger partial charge in [-0.05, 0) is 0 Å². The van der Waals surface area contributed by atoms with Crippen LogP contribution in [0.3, 0.4) is 0 Å². The summed E-state index contributed by atoms with van der Waals surface area (Å²) in [7, 11) is 0. The molecule has 0 amide bonds. The number of hydroxylamine groups is 2. The molecule has 0 radical (unpaired) electrons. The highest BCUT2D eigenvalue weighted by molar-refractivity contribution is 6.27. The lowest BCUT2D eigenvalue weighted by molar-refractivity contribution is -0.133. The Morgan fingerprint density at radius 1 is 1.60 bits per heavy atom. The molecule has 0 aromatic rings. The molecule has 0 saturated carbocycles. The normalized spacial score (nSPS) is 12.6. The van der Waals surface area contributed by atoms with Crippen molar-refractivity contribution in [1.82, 2.24) is 11.0 Å². The third-order valence-corrected chi connectivity index (χ3v) is 0.911. The van der Waals surface area contributed by atoms with Gasteiger partial charge < -0.3 is 10.4 Å². The van der Waals surface area contributed by atoms with Gasteiger partial charge >= 0.3 is 0 Å². The maximum absolute atomic E-state index is 10.4. The molecule has 0 aromatic carbocycles. The summed E-state index contributed by atoms with van der Waals surface area (Å²) in [6.07, 6.45) is 0.0607. The largest absolute Gasteiger partial charge is 0.317 e. The Morgan fingerprint density at radius 2 is 2.20 bits per heavy atom. The van der Waals surface area contributed by atoms with E-state index in [0.717, 1.165) is 0 Å². The molecule has 1 atom stereocenters. The highest BCUT2D eigenvalue weighted by atomic mass is 16.5. The summed E-state index contributed by atoms with van der Waals surface area (Å²) in [5.41, 5.74) is 3.18. The zero-order valence-corrected chi connectivity index (χ0v) is 5.07. The van der Waals surface area contributed by atoms with Crippen LogP contribution in [0.4, 0.5) is 0 Å². The molecule has 0 fully saturated rings. The average Bonchev–Trinajstić information content (AvgIpc) is 1.99. The van der Waals surface area contributed by atoms with Crippen molar-refractivity contribution >= 4 is 12.1 Å². The second kappa shape index (κ2) is 5.00. The molecule has 0 bridgehead atoms. The van der Waals surface area contributed by atoms with E-state index in [1.165, 1.54) is 0 Å². The second-order valence-electron chi connectivity index (χ2n) is 1.56. The number of rotatable bonds is 5. The molecule has 0 aliphatic heterocycles. The number of aldehydes is 1. The van der Waals surface area contributed by atoms with E-state index < -0.39 is 11.8 Å². The first-order valence-corrected chi connectivity index (χ1v) is 2.51. The monoisotopic (exact) mass is 148 g/mol. The molecule has 0 aliphatic carbocycles. The van der Waals surface area contributed by atoms with Crippen LogP contribution in [0.25, 0.3) is 0 Å². The van der Waals surface area contributed by atoms with Gasteiger partial charge in [0.25, 0.3) is 0 Å². The third kappa shape index (κ3) is 2.65. The zero-order valence-electron chi connectivity index (χ0n) is 5.07. The van der Waals surface area contributed by atoms with Crippen molar-refractivity contribution in [2.45, 2.75) is 6.04 Å². The van der Waals surface area contributed by atoms with Crippen LogP contribution in [-0.2, 0) is 9.59 Å². The smallest absolute Gasteiger partial charge is 0.215 e. The molecule has 58 valence electrons. The maximum atomic E-state index is 10.4. The summed E-state index contributed by atoms with van der Waals surface area (Å²) in [5, 5.41) is 16.2. The number of Topliss-reactive ketones (excluding diaryl/α,β-unsaturated/α-hetero) is 1. The van der Waals surface area contributed by atoms with E-state index in [1.807, 2.05) is 0 Å². The first-order chi connectivity index (χ1) is 4.76. The Morgan fingerprint density at radius 3 is 2.50 bits per heavy atom. The van der Waals surface area contributed by atoms with Gasteiger partial charge in [0.2, 0.25) is 5.78 Å². The fourth-order valence-corrected chi connectivity index (χ4v) is 0.383. The number of hydrogen-bond donors (Lipinski definition) is 4. The van der Waals surface area contributed by atoms with Crippen molar-refractivity contribution in [3.05, 3.63) is 0 Å². The lowest BCUT2D eigenvalue weighted by Gasteiger charge is -2.07. The zero-order chi connectivity index (χ0) is 7.98. The van der Waals surface area contributed by atoms with Crippen LogP contribution >= 0.6 is 0 Å². The summed E-state index contributed by atoms with van der Waals surface area (Å²) >= 11 is 0. The number of hydrogen-bond acceptors (Lipinski definition) is 6. The van der Waals surface area contributed by atoms with Crippen molar-refractivity contribution in [2.24, 2.45) is 0 Å². The standard InChI is InChI=1S/C4H8N2O4/c7-2-4(8)3(6-10)1-5-9/h2-3,5-6,9-10H,1H2. The summed E-state index contributed by atoms with van der Waals surface area (Å²) < 4.78 is 0. The summed E-state index contributed by atoms with van der Waals surface area (Å²) in [6, 6.07) is -1.08. The van der Waals surface area contributed by atoms with Gasteiger partial charge in [0, 0.05) is 6.54 Å². The number of nitrogens with one attached hydrogen (secondary N) is 2. The van der Waals surface area contributed by atoms with Gasteiger partial charge in [-0.2, -0.15) is 5.48 Å². The van der Waals surface area contributed by atoms with Gasteiger partial charge in [-0.25, -0.2) is 5.48 Å². The van der Waals surface area contributed by atoms with E-state index in [2.05, 4.69) is 0 Å². The fraction of sp³-hybridized carbons (Fsp3) is 0.500. The quantitative estimate of drug-likeness (QED) is 0.206. The molecule has 0 aromatic heterocycles. The summed E-state index contributed by atoms with van der Waals surface area (Å²) in [5.74, 6) is -0.830. The first kappa shape index (κ1) is 9.18. The summed E-state index contributed by atoms with van der Waals surface area (Å²) in [4.78, 5) is 20.2. The van der Waals surface area contributed by atoms with Gasteiger partial charge in [-0.3, -0.25) is 9.59 Å². The van der Waals surface area contributed by atoms with Crippen molar-refractivity contribution in [1.29, 1.82) is 0 Å². The molecule has 6 heteroatoms. The summed E-state index contributed by atoms with van der Waals surface area (Å²) in [6.45, 7) is -0.214. The van der Waals surface area contributed by atoms with Crippen LogP contribution in [0.1, 0.15) is 0 Å². The van der Waals surface area contributed by atoms with Crippen molar-refractivity contribution in [2.75, 3.05) is 6.54 Å². The van der Waals surface area contributed by atoms with Crippen LogP contribution in [0.15, 0.2) is 0 Å². The number of carbonyl (C=O) groups excluding carboxylic acids is 2. The second-order valence-corrected chi connectivity index (χ2v) is 1.56. The fourth-order valence-electron chi connectivity index (χ4n) is 0.383. The Kier molecular flexibility index (Phi) is 4.59. The minimum atomic E-state index is -1.08. The van der Waals surface area contributed by atoms with Crippen LogP contribution in [0, 0.1) is 0 Å². The Balaban J connectivity index is 3.79. The molecule has 4 N–H and O–H groups in total. The van der Waals surface area contributed by atoms with Gasteiger partial charge in [-0.1, -0.05) is 0 Å². The molecular weight excluding hydrogens is 140 g/mol. The predicted molar refractivity (Wildman–Crippen MR) is 29.6 cm³/mol. The van der Waals surface area contributed by atoms with E-state index in [1.54, 1.807) is 11.0 Å². The van der Waals surface area contributed by atoms with Crippen molar-refractivity contribution in [3.8, 4) is 0 Å². The molecule has 0 heterocycles. The predicted octanol–water partition coefficient (Wildman–Crippen LogP) is -1.92. The minimum Gasteiger partial charge on any atom is -0.317 e. The highest BCUT2D eigenvalue weighted by Gasteiger charge is 2.14. The Labute approximate surface area is 56.8 Å². The van der Waals surface area contributed by atoms with Crippen LogP contribution in [0.5, 0.6) is 0 Å². The minimum absolute atomic E-state index is 0.0607. The van der Waals surface area contributed by atoms with E-state index in [0.29, 0.717) is 0 Å². The Bertz CT molecular complexity index is 126.